The van der Waals surface area contributed by atoms with Crippen LogP contribution < -0.4 is 10.5 Å². The second-order valence-electron chi connectivity index (χ2n) is 4.97. The van der Waals surface area contributed by atoms with Crippen LogP contribution in [0.25, 0.3) is 0 Å². The Balaban J connectivity index is 2.20. The summed E-state index contributed by atoms with van der Waals surface area (Å²) < 4.78 is 6.81. The molecule has 4 heteroatoms. The van der Waals surface area contributed by atoms with Gasteiger partial charge in [0.05, 0.1) is 5.02 Å². The standard InChI is InChI=1S/C16H17BrClNO/c1-10-3-6-16(15(18)7-10)20-13-5-4-12(8-11(2)19)14(17)9-13/h3-7,9,11H,8,19H2,1-2H3. The van der Waals surface area contributed by atoms with Crippen molar-refractivity contribution in [1.29, 1.82) is 0 Å². The summed E-state index contributed by atoms with van der Waals surface area (Å²) in [6.45, 7) is 3.98. The number of hydrogen-bond donors (Lipinski definition) is 1. The Hall–Kier alpha value is -1.03. The monoisotopic (exact) mass is 353 g/mol. The first-order chi connectivity index (χ1) is 9.45. The average molecular weight is 355 g/mol. The minimum Gasteiger partial charge on any atom is -0.456 e. The summed E-state index contributed by atoms with van der Waals surface area (Å²) in [5.41, 5.74) is 8.10. The maximum Gasteiger partial charge on any atom is 0.146 e. The third kappa shape index (κ3) is 3.98. The predicted molar refractivity (Wildman–Crippen MR) is 87.8 cm³/mol. The fraction of sp³-hybridized carbons (Fsp3) is 0.250. The molecule has 2 nitrogen and oxygen atoms in total. The van der Waals surface area contributed by atoms with Crippen molar-refractivity contribution in [3.8, 4) is 11.5 Å². The van der Waals surface area contributed by atoms with E-state index in [1.807, 2.05) is 50.2 Å². The Morgan fingerprint density at radius 1 is 1.25 bits per heavy atom. The van der Waals surface area contributed by atoms with Crippen molar-refractivity contribution in [3.05, 3.63) is 57.0 Å². The summed E-state index contributed by atoms with van der Waals surface area (Å²) in [5.74, 6) is 1.40. The second-order valence-corrected chi connectivity index (χ2v) is 6.23. The zero-order valence-corrected chi connectivity index (χ0v) is 13.8. The molecule has 0 saturated heterocycles. The lowest BCUT2D eigenvalue weighted by Gasteiger charge is -2.11. The fourth-order valence-electron chi connectivity index (χ4n) is 1.92. The van der Waals surface area contributed by atoms with Gasteiger partial charge >= 0.3 is 0 Å². The van der Waals surface area contributed by atoms with Gasteiger partial charge in [-0.05, 0) is 55.7 Å². The molecule has 0 aliphatic rings. The van der Waals surface area contributed by atoms with Gasteiger partial charge in [-0.2, -0.15) is 0 Å². The summed E-state index contributed by atoms with van der Waals surface area (Å²) in [5, 5.41) is 0.612. The second kappa shape index (κ2) is 6.61. The van der Waals surface area contributed by atoms with Gasteiger partial charge in [0.15, 0.2) is 0 Å². The van der Waals surface area contributed by atoms with Crippen LogP contribution in [0, 0.1) is 6.92 Å². The maximum absolute atomic E-state index is 6.17. The number of nitrogens with two attached hydrogens (primary N) is 1. The summed E-state index contributed by atoms with van der Waals surface area (Å²) in [6.07, 6.45) is 0.826. The molecular formula is C16H17BrClNO. The van der Waals surface area contributed by atoms with Crippen LogP contribution in [0.5, 0.6) is 11.5 Å². The average Bonchev–Trinajstić information content (AvgIpc) is 2.36. The minimum atomic E-state index is 0.129. The lowest BCUT2D eigenvalue weighted by atomic mass is 10.1. The van der Waals surface area contributed by atoms with Crippen molar-refractivity contribution >= 4 is 27.5 Å². The van der Waals surface area contributed by atoms with E-state index in [-0.39, 0.29) is 6.04 Å². The number of ether oxygens (including phenoxy) is 1. The lowest BCUT2D eigenvalue weighted by Crippen LogP contribution is -2.17. The van der Waals surface area contributed by atoms with E-state index in [9.17, 15) is 0 Å². The van der Waals surface area contributed by atoms with Gasteiger partial charge in [-0.15, -0.1) is 0 Å². The van der Waals surface area contributed by atoms with E-state index in [1.165, 1.54) is 5.56 Å². The number of benzene rings is 2. The van der Waals surface area contributed by atoms with Gasteiger partial charge < -0.3 is 10.5 Å². The third-order valence-electron chi connectivity index (χ3n) is 2.88. The molecule has 0 fully saturated rings. The molecule has 106 valence electrons. The molecule has 0 amide bonds. The van der Waals surface area contributed by atoms with Crippen LogP contribution in [0.15, 0.2) is 40.9 Å². The van der Waals surface area contributed by atoms with E-state index in [0.29, 0.717) is 10.8 Å². The SMILES string of the molecule is Cc1ccc(Oc2ccc(CC(C)N)c(Br)c2)c(Cl)c1. The largest absolute Gasteiger partial charge is 0.456 e. The Morgan fingerprint density at radius 2 is 2.00 bits per heavy atom. The normalized spacial score (nSPS) is 12.2. The zero-order valence-electron chi connectivity index (χ0n) is 11.5. The van der Waals surface area contributed by atoms with Crippen LogP contribution in [0.4, 0.5) is 0 Å². The maximum atomic E-state index is 6.17. The van der Waals surface area contributed by atoms with E-state index in [2.05, 4.69) is 15.9 Å². The number of hydrogen-bond acceptors (Lipinski definition) is 2. The predicted octanol–water partition coefficient (Wildman–Crippen LogP) is 5.09. The van der Waals surface area contributed by atoms with Crippen LogP contribution in [0.3, 0.4) is 0 Å². The first kappa shape index (κ1) is 15.4. The summed E-state index contributed by atoms with van der Waals surface area (Å²) in [4.78, 5) is 0. The van der Waals surface area contributed by atoms with Crippen molar-refractivity contribution in [2.75, 3.05) is 0 Å². The van der Waals surface area contributed by atoms with Crippen molar-refractivity contribution in [2.45, 2.75) is 26.3 Å². The van der Waals surface area contributed by atoms with E-state index in [1.54, 1.807) is 0 Å². The van der Waals surface area contributed by atoms with Gasteiger partial charge in [-0.1, -0.05) is 39.7 Å². The highest BCUT2D eigenvalue weighted by molar-refractivity contribution is 9.10. The van der Waals surface area contributed by atoms with Gasteiger partial charge in [-0.3, -0.25) is 0 Å². The molecule has 0 bridgehead atoms. The van der Waals surface area contributed by atoms with Crippen molar-refractivity contribution in [1.82, 2.24) is 0 Å². The molecule has 0 heterocycles. The number of halogens is 2. The molecule has 1 atom stereocenters. The van der Waals surface area contributed by atoms with Crippen LogP contribution in [0.1, 0.15) is 18.1 Å². The first-order valence-corrected chi connectivity index (χ1v) is 7.61. The molecule has 0 spiro atoms. The highest BCUT2D eigenvalue weighted by Crippen LogP contribution is 2.32. The quantitative estimate of drug-likeness (QED) is 0.829. The molecule has 20 heavy (non-hydrogen) atoms. The van der Waals surface area contributed by atoms with E-state index in [0.717, 1.165) is 22.2 Å². The molecule has 1 unspecified atom stereocenters. The van der Waals surface area contributed by atoms with Crippen molar-refractivity contribution < 1.29 is 4.74 Å². The van der Waals surface area contributed by atoms with Crippen LogP contribution >= 0.6 is 27.5 Å². The topological polar surface area (TPSA) is 35.2 Å². The molecule has 0 saturated carbocycles. The Morgan fingerprint density at radius 3 is 2.60 bits per heavy atom. The molecule has 2 rings (SSSR count). The molecule has 2 aromatic rings. The fourth-order valence-corrected chi connectivity index (χ4v) is 2.71. The van der Waals surface area contributed by atoms with E-state index >= 15 is 0 Å². The van der Waals surface area contributed by atoms with Gasteiger partial charge in [0, 0.05) is 10.5 Å². The zero-order chi connectivity index (χ0) is 14.7. The van der Waals surface area contributed by atoms with Crippen LogP contribution in [0.2, 0.25) is 5.02 Å². The molecule has 0 aliphatic heterocycles. The van der Waals surface area contributed by atoms with Crippen molar-refractivity contribution in [3.63, 3.8) is 0 Å². The minimum absolute atomic E-state index is 0.129. The van der Waals surface area contributed by atoms with Gasteiger partial charge in [0.25, 0.3) is 0 Å². The summed E-state index contributed by atoms with van der Waals surface area (Å²) >= 11 is 9.72. The highest BCUT2D eigenvalue weighted by Gasteiger charge is 2.07. The number of rotatable bonds is 4. The Kier molecular flexibility index (Phi) is 5.08. The molecule has 0 radical (unpaired) electrons. The van der Waals surface area contributed by atoms with Crippen molar-refractivity contribution in [2.24, 2.45) is 5.73 Å². The van der Waals surface area contributed by atoms with Gasteiger partial charge in [0.2, 0.25) is 0 Å². The lowest BCUT2D eigenvalue weighted by molar-refractivity contribution is 0.482. The van der Waals surface area contributed by atoms with Crippen LogP contribution in [-0.2, 0) is 6.42 Å². The van der Waals surface area contributed by atoms with E-state index in [4.69, 9.17) is 22.1 Å². The Labute approximate surface area is 133 Å². The van der Waals surface area contributed by atoms with Crippen LogP contribution in [-0.4, -0.2) is 6.04 Å². The first-order valence-electron chi connectivity index (χ1n) is 6.43. The van der Waals surface area contributed by atoms with Gasteiger partial charge in [-0.25, -0.2) is 0 Å². The van der Waals surface area contributed by atoms with Gasteiger partial charge in [0.1, 0.15) is 11.5 Å². The molecule has 2 aromatic carbocycles. The van der Waals surface area contributed by atoms with E-state index < -0.39 is 0 Å². The smallest absolute Gasteiger partial charge is 0.146 e. The number of aryl methyl sites for hydroxylation is 1. The highest BCUT2D eigenvalue weighted by atomic mass is 79.9. The third-order valence-corrected chi connectivity index (χ3v) is 3.92. The molecular weight excluding hydrogens is 338 g/mol. The molecule has 0 aliphatic carbocycles. The summed E-state index contributed by atoms with van der Waals surface area (Å²) in [6, 6.07) is 11.8. The Bertz CT molecular complexity index is 613. The molecule has 0 aromatic heterocycles. The summed E-state index contributed by atoms with van der Waals surface area (Å²) in [7, 11) is 0. The molecule has 2 N–H and O–H groups in total.